The van der Waals surface area contributed by atoms with Gasteiger partial charge >= 0.3 is 0 Å². The van der Waals surface area contributed by atoms with E-state index in [-0.39, 0.29) is 5.91 Å². The van der Waals surface area contributed by atoms with Crippen LogP contribution in [0.4, 0.5) is 5.95 Å². The van der Waals surface area contributed by atoms with Gasteiger partial charge in [0.2, 0.25) is 5.95 Å². The van der Waals surface area contributed by atoms with E-state index in [1.807, 2.05) is 18.7 Å². The number of carbonyl (C=O) groups is 1. The van der Waals surface area contributed by atoms with Gasteiger partial charge in [-0.3, -0.25) is 4.79 Å². The Bertz CT molecular complexity index is 1090. The second kappa shape index (κ2) is 7.28. The number of nitrogens with zero attached hydrogens (tertiary/aromatic N) is 6. The van der Waals surface area contributed by atoms with Crippen molar-refractivity contribution in [2.45, 2.75) is 32.6 Å². The lowest BCUT2D eigenvalue weighted by molar-refractivity contribution is 0.0750. The Morgan fingerprint density at radius 2 is 1.79 bits per heavy atom. The molecular formula is C20H21BrN6OS. The van der Waals surface area contributed by atoms with Crippen LogP contribution in [0.2, 0.25) is 0 Å². The van der Waals surface area contributed by atoms with Crippen LogP contribution in [0.3, 0.4) is 0 Å². The molecule has 0 radical (unpaired) electrons. The van der Waals surface area contributed by atoms with Gasteiger partial charge < -0.3 is 9.80 Å². The van der Waals surface area contributed by atoms with E-state index in [1.54, 1.807) is 12.4 Å². The normalized spacial score (nSPS) is 17.2. The van der Waals surface area contributed by atoms with Crippen LogP contribution >= 0.6 is 27.3 Å². The summed E-state index contributed by atoms with van der Waals surface area (Å²) in [6, 6.07) is 0. The van der Waals surface area contributed by atoms with Gasteiger partial charge in [0, 0.05) is 49.9 Å². The summed E-state index contributed by atoms with van der Waals surface area (Å²) in [6.07, 6.45) is 5.85. The summed E-state index contributed by atoms with van der Waals surface area (Å²) in [6.45, 7) is 6.81. The van der Waals surface area contributed by atoms with Gasteiger partial charge in [-0.05, 0) is 48.2 Å². The molecule has 29 heavy (non-hydrogen) atoms. The van der Waals surface area contributed by atoms with Crippen molar-refractivity contribution in [1.82, 2.24) is 24.8 Å². The molecule has 2 fully saturated rings. The maximum Gasteiger partial charge on any atom is 0.264 e. The number of aryl methyl sites for hydroxylation is 2. The summed E-state index contributed by atoms with van der Waals surface area (Å²) in [5.41, 5.74) is 2.00. The van der Waals surface area contributed by atoms with Crippen LogP contribution in [0.25, 0.3) is 10.2 Å². The molecule has 0 unspecified atom stereocenters. The molecule has 0 bridgehead atoms. The van der Waals surface area contributed by atoms with Crippen molar-refractivity contribution in [2.75, 3.05) is 31.1 Å². The number of aromatic nitrogens is 4. The largest absolute Gasteiger partial charge is 0.337 e. The van der Waals surface area contributed by atoms with Gasteiger partial charge in [0.25, 0.3) is 5.91 Å². The molecule has 0 spiro atoms. The van der Waals surface area contributed by atoms with Crippen LogP contribution in [0.15, 0.2) is 16.9 Å². The van der Waals surface area contributed by atoms with E-state index in [9.17, 15) is 4.79 Å². The minimum absolute atomic E-state index is 0.0919. The topological polar surface area (TPSA) is 75.1 Å². The van der Waals surface area contributed by atoms with Gasteiger partial charge in [-0.2, -0.15) is 0 Å². The highest BCUT2D eigenvalue weighted by Gasteiger charge is 2.30. The van der Waals surface area contributed by atoms with E-state index in [0.717, 1.165) is 49.7 Å². The molecular weight excluding hydrogens is 452 g/mol. The predicted molar refractivity (Wildman–Crippen MR) is 117 cm³/mol. The maximum absolute atomic E-state index is 13.3. The Kier molecular flexibility index (Phi) is 4.74. The van der Waals surface area contributed by atoms with Crippen LogP contribution in [-0.4, -0.2) is 56.9 Å². The number of piperazine rings is 1. The van der Waals surface area contributed by atoms with Gasteiger partial charge in [-0.25, -0.2) is 19.9 Å². The number of rotatable bonds is 3. The molecule has 5 rings (SSSR count). The zero-order chi connectivity index (χ0) is 20.1. The van der Waals surface area contributed by atoms with Gasteiger partial charge in [0.1, 0.15) is 10.7 Å². The fourth-order valence-electron chi connectivity index (χ4n) is 3.81. The Hall–Kier alpha value is -2.13. The number of anilines is 1. The number of carbonyl (C=O) groups excluding carboxylic acids is 1. The van der Waals surface area contributed by atoms with Gasteiger partial charge in [-0.15, -0.1) is 11.3 Å². The predicted octanol–water partition coefficient (Wildman–Crippen LogP) is 3.70. The molecule has 150 valence electrons. The smallest absolute Gasteiger partial charge is 0.264 e. The summed E-state index contributed by atoms with van der Waals surface area (Å²) in [7, 11) is 0. The molecule has 0 atom stereocenters. The standard InChI is InChI=1S/C20H21BrN6OS/c1-11-15-12(2)24-17(13-3-4-13)25-18(15)29-16(11)19(28)26-5-7-27(8-6-26)20-22-9-14(21)10-23-20/h9-10,13H,3-8H2,1-2H3. The lowest BCUT2D eigenvalue weighted by Gasteiger charge is -2.34. The highest BCUT2D eigenvalue weighted by atomic mass is 79.9. The highest BCUT2D eigenvalue weighted by Crippen LogP contribution is 2.40. The monoisotopic (exact) mass is 472 g/mol. The zero-order valence-corrected chi connectivity index (χ0v) is 18.8. The van der Waals surface area contributed by atoms with Crippen LogP contribution in [0.1, 0.15) is 45.5 Å². The first-order valence-corrected chi connectivity index (χ1v) is 11.4. The second-order valence-corrected chi connectivity index (χ2v) is 9.57. The van der Waals surface area contributed by atoms with E-state index in [0.29, 0.717) is 25.0 Å². The maximum atomic E-state index is 13.3. The minimum Gasteiger partial charge on any atom is -0.337 e. The van der Waals surface area contributed by atoms with E-state index in [1.165, 1.54) is 24.2 Å². The van der Waals surface area contributed by atoms with Crippen LogP contribution in [-0.2, 0) is 0 Å². The number of halogens is 1. The van der Waals surface area contributed by atoms with Crippen LogP contribution in [0, 0.1) is 13.8 Å². The fraction of sp³-hybridized carbons (Fsp3) is 0.450. The number of thiophene rings is 1. The SMILES string of the molecule is Cc1nc(C2CC2)nc2sc(C(=O)N3CCN(c4ncc(Br)cn4)CC3)c(C)c12. The first kappa shape index (κ1) is 18.9. The Balaban J connectivity index is 1.35. The van der Waals surface area contributed by atoms with Gasteiger partial charge in [0.15, 0.2) is 0 Å². The van der Waals surface area contributed by atoms with Crippen molar-refractivity contribution in [3.63, 3.8) is 0 Å². The third-order valence-corrected chi connectivity index (χ3v) is 7.16. The molecule has 3 aromatic rings. The lowest BCUT2D eigenvalue weighted by Crippen LogP contribution is -2.49. The zero-order valence-electron chi connectivity index (χ0n) is 16.4. The fourth-order valence-corrected chi connectivity index (χ4v) is 5.22. The Morgan fingerprint density at radius 3 is 2.45 bits per heavy atom. The molecule has 0 aromatic carbocycles. The highest BCUT2D eigenvalue weighted by molar-refractivity contribution is 9.10. The molecule has 1 amide bonds. The van der Waals surface area contributed by atoms with Gasteiger partial charge in [0.05, 0.1) is 15.0 Å². The third-order valence-electron chi connectivity index (χ3n) is 5.58. The number of fused-ring (bicyclic) bond motifs is 1. The second-order valence-electron chi connectivity index (χ2n) is 7.66. The molecule has 1 aliphatic carbocycles. The molecule has 4 heterocycles. The van der Waals surface area contributed by atoms with Crippen molar-refractivity contribution in [3.05, 3.63) is 38.8 Å². The number of hydrogen-bond donors (Lipinski definition) is 0. The number of hydrogen-bond acceptors (Lipinski definition) is 7. The third kappa shape index (κ3) is 3.50. The van der Waals surface area contributed by atoms with Gasteiger partial charge in [-0.1, -0.05) is 0 Å². The van der Waals surface area contributed by atoms with Crippen molar-refractivity contribution in [2.24, 2.45) is 0 Å². The number of amides is 1. The first-order chi connectivity index (χ1) is 14.0. The molecule has 9 heteroatoms. The molecule has 1 aliphatic heterocycles. The summed E-state index contributed by atoms with van der Waals surface area (Å²) >= 11 is 4.87. The quantitative estimate of drug-likeness (QED) is 0.578. The minimum atomic E-state index is 0.0919. The van der Waals surface area contributed by atoms with Crippen molar-refractivity contribution in [3.8, 4) is 0 Å². The van der Waals surface area contributed by atoms with E-state index < -0.39 is 0 Å². The van der Waals surface area contributed by atoms with E-state index in [2.05, 4.69) is 30.8 Å². The van der Waals surface area contributed by atoms with Crippen molar-refractivity contribution >= 4 is 49.3 Å². The molecule has 1 saturated heterocycles. The molecule has 1 saturated carbocycles. The molecule has 7 nitrogen and oxygen atoms in total. The average molecular weight is 473 g/mol. The Labute approximate surface area is 181 Å². The summed E-state index contributed by atoms with van der Waals surface area (Å²) in [5, 5.41) is 1.05. The van der Waals surface area contributed by atoms with Crippen LogP contribution < -0.4 is 4.90 Å². The molecule has 0 N–H and O–H groups in total. The van der Waals surface area contributed by atoms with Crippen molar-refractivity contribution < 1.29 is 4.79 Å². The summed E-state index contributed by atoms with van der Waals surface area (Å²) in [5.74, 6) is 2.25. The first-order valence-electron chi connectivity index (χ1n) is 9.80. The summed E-state index contributed by atoms with van der Waals surface area (Å²) < 4.78 is 0.860. The summed E-state index contributed by atoms with van der Waals surface area (Å²) in [4.78, 5) is 37.2. The average Bonchev–Trinajstić information content (AvgIpc) is 3.52. The molecule has 3 aromatic heterocycles. The van der Waals surface area contributed by atoms with E-state index in [4.69, 9.17) is 9.97 Å². The Morgan fingerprint density at radius 1 is 1.10 bits per heavy atom. The lowest BCUT2D eigenvalue weighted by atomic mass is 10.1. The van der Waals surface area contributed by atoms with Crippen molar-refractivity contribution in [1.29, 1.82) is 0 Å². The van der Waals surface area contributed by atoms with Crippen LogP contribution in [0.5, 0.6) is 0 Å². The molecule has 2 aliphatic rings. The van der Waals surface area contributed by atoms with E-state index >= 15 is 0 Å².